The van der Waals surface area contributed by atoms with Gasteiger partial charge >= 0.3 is 0 Å². The third kappa shape index (κ3) is 4.64. The van der Waals surface area contributed by atoms with Crippen LogP contribution in [0.5, 0.6) is 5.75 Å². The normalized spacial score (nSPS) is 12.1. The predicted octanol–water partition coefficient (Wildman–Crippen LogP) is 4.38. The molecule has 0 unspecified atom stereocenters. The summed E-state index contributed by atoms with van der Waals surface area (Å²) < 4.78 is 8.22. The topological polar surface area (TPSA) is 43.6 Å². The average Bonchev–Trinajstić information content (AvgIpc) is 3.02. The van der Waals surface area contributed by atoms with Gasteiger partial charge in [-0.15, -0.1) is 6.42 Å². The van der Waals surface area contributed by atoms with Crippen molar-refractivity contribution in [3.05, 3.63) is 45.8 Å². The Kier molecular flexibility index (Phi) is 6.44. The van der Waals surface area contributed by atoms with Crippen molar-refractivity contribution in [2.45, 2.75) is 52.5 Å². The molecule has 0 aliphatic rings. The highest BCUT2D eigenvalue weighted by Gasteiger charge is 2.17. The van der Waals surface area contributed by atoms with E-state index < -0.39 is 0 Å². The Balaban J connectivity index is 2.53. The number of rotatable bonds is 5. The van der Waals surface area contributed by atoms with E-state index in [1.165, 1.54) is 18.6 Å². The maximum absolute atomic E-state index is 12.8. The number of hydrogen-bond donors (Lipinski definition) is 0. The molecule has 5 heteroatoms. The number of methoxy groups -OCH3 is 1. The van der Waals surface area contributed by atoms with E-state index in [1.807, 2.05) is 0 Å². The molecule has 1 amide bonds. The lowest BCUT2D eigenvalue weighted by molar-refractivity contribution is 0.0996. The second kappa shape index (κ2) is 8.37. The van der Waals surface area contributed by atoms with Crippen LogP contribution in [0.1, 0.15) is 62.0 Å². The molecule has 0 aliphatic heterocycles. The molecule has 0 atom stereocenters. The van der Waals surface area contributed by atoms with Crippen LogP contribution in [0.3, 0.4) is 0 Å². The quantitative estimate of drug-likeness (QED) is 0.733. The van der Waals surface area contributed by atoms with E-state index in [0.29, 0.717) is 16.9 Å². The summed E-state index contributed by atoms with van der Waals surface area (Å²) in [6.07, 6.45) is 10.6. The van der Waals surface area contributed by atoms with Gasteiger partial charge in [0.1, 0.15) is 10.4 Å². The Morgan fingerprint density at radius 1 is 1.38 bits per heavy atom. The zero-order chi connectivity index (χ0) is 19.3. The number of carbonyl (C=O) groups is 1. The van der Waals surface area contributed by atoms with E-state index in [4.69, 9.17) is 11.2 Å². The minimum Gasteiger partial charge on any atom is -0.496 e. The molecule has 2 aromatic rings. The third-order valence-corrected chi connectivity index (χ3v) is 5.37. The molecule has 0 saturated heterocycles. The number of benzene rings is 1. The standard InChI is InChI=1S/C21H26N2O2S/c1-7-9-10-16-14-23(21(3,4)5)26-20(16)22-19(24)17-13-15(8-2)11-12-18(17)25-6/h2,11-14H,7,9-10H2,1,3-6H3/b22-20-. The van der Waals surface area contributed by atoms with Gasteiger partial charge in [-0.1, -0.05) is 19.3 Å². The minimum absolute atomic E-state index is 0.0521. The molecule has 0 N–H and O–H groups in total. The summed E-state index contributed by atoms with van der Waals surface area (Å²) in [6, 6.07) is 5.11. The lowest BCUT2D eigenvalue weighted by Crippen LogP contribution is -2.18. The number of terminal acetylenes is 1. The van der Waals surface area contributed by atoms with Crippen LogP contribution in [0.2, 0.25) is 0 Å². The highest BCUT2D eigenvalue weighted by molar-refractivity contribution is 7.04. The summed E-state index contributed by atoms with van der Waals surface area (Å²) in [5, 5.41) is 0. The molecule has 1 aromatic carbocycles. The maximum atomic E-state index is 12.8. The van der Waals surface area contributed by atoms with Gasteiger partial charge in [0.25, 0.3) is 5.91 Å². The first-order valence-electron chi connectivity index (χ1n) is 8.76. The summed E-state index contributed by atoms with van der Waals surface area (Å²) in [4.78, 5) is 17.2. The monoisotopic (exact) mass is 370 g/mol. The molecule has 0 aliphatic carbocycles. The second-order valence-corrected chi connectivity index (χ2v) is 8.09. The van der Waals surface area contributed by atoms with Crippen molar-refractivity contribution in [2.24, 2.45) is 4.99 Å². The van der Waals surface area contributed by atoms with Gasteiger partial charge in [0.15, 0.2) is 0 Å². The van der Waals surface area contributed by atoms with E-state index in [9.17, 15) is 4.79 Å². The predicted molar refractivity (Wildman–Crippen MR) is 107 cm³/mol. The lowest BCUT2D eigenvalue weighted by Gasteiger charge is -2.19. The maximum Gasteiger partial charge on any atom is 0.282 e. The van der Waals surface area contributed by atoms with Crippen LogP contribution in [0.25, 0.3) is 0 Å². The van der Waals surface area contributed by atoms with Crippen molar-refractivity contribution in [2.75, 3.05) is 7.11 Å². The molecule has 1 heterocycles. The Morgan fingerprint density at radius 2 is 2.12 bits per heavy atom. The zero-order valence-corrected chi connectivity index (χ0v) is 16.9. The number of unbranched alkanes of at least 4 members (excludes halogenated alkanes) is 1. The van der Waals surface area contributed by atoms with Crippen LogP contribution in [0.4, 0.5) is 0 Å². The number of carbonyl (C=O) groups excluding carboxylic acids is 1. The van der Waals surface area contributed by atoms with Crippen molar-refractivity contribution in [3.8, 4) is 18.1 Å². The SMILES string of the molecule is C#Cc1ccc(OC)c(C(=O)/N=c2\sn(C(C)(C)C)cc2CCCC)c1. The van der Waals surface area contributed by atoms with Gasteiger partial charge in [-0.3, -0.25) is 8.75 Å². The smallest absolute Gasteiger partial charge is 0.282 e. The lowest BCUT2D eigenvalue weighted by atomic mass is 10.1. The first-order chi connectivity index (χ1) is 12.3. The molecule has 0 bridgehead atoms. The molecule has 0 spiro atoms. The molecule has 4 nitrogen and oxygen atoms in total. The Morgan fingerprint density at radius 3 is 2.69 bits per heavy atom. The van der Waals surface area contributed by atoms with E-state index in [0.717, 1.165) is 29.5 Å². The molecule has 0 saturated carbocycles. The second-order valence-electron chi connectivity index (χ2n) is 7.13. The Labute approximate surface area is 159 Å². The van der Waals surface area contributed by atoms with Crippen LogP contribution >= 0.6 is 11.5 Å². The van der Waals surface area contributed by atoms with Crippen LogP contribution in [0, 0.1) is 12.3 Å². The van der Waals surface area contributed by atoms with Crippen molar-refractivity contribution in [3.63, 3.8) is 0 Å². The highest BCUT2D eigenvalue weighted by Crippen LogP contribution is 2.21. The average molecular weight is 371 g/mol. The molecular weight excluding hydrogens is 344 g/mol. The van der Waals surface area contributed by atoms with Crippen LogP contribution in [-0.4, -0.2) is 17.0 Å². The third-order valence-electron chi connectivity index (χ3n) is 3.99. The molecule has 138 valence electrons. The summed E-state index contributed by atoms with van der Waals surface area (Å²) >= 11 is 1.51. The molecule has 26 heavy (non-hydrogen) atoms. The Bertz CT molecular complexity index is 892. The molecule has 1 aromatic heterocycles. The Hall–Kier alpha value is -2.32. The van der Waals surface area contributed by atoms with E-state index in [1.54, 1.807) is 18.2 Å². The number of aromatic nitrogens is 1. The number of nitrogens with zero attached hydrogens (tertiary/aromatic N) is 2. The molecule has 0 fully saturated rings. The fourth-order valence-electron chi connectivity index (χ4n) is 2.45. The first-order valence-corrected chi connectivity index (χ1v) is 9.53. The number of amides is 1. The van der Waals surface area contributed by atoms with Crippen LogP contribution < -0.4 is 9.41 Å². The van der Waals surface area contributed by atoms with Gasteiger partial charge in [0.05, 0.1) is 12.7 Å². The van der Waals surface area contributed by atoms with E-state index in [-0.39, 0.29) is 11.4 Å². The fourth-order valence-corrected chi connectivity index (χ4v) is 3.49. The summed E-state index contributed by atoms with van der Waals surface area (Å²) in [5.74, 6) is 2.70. The first kappa shape index (κ1) is 20.0. The van der Waals surface area contributed by atoms with Crippen molar-refractivity contribution in [1.29, 1.82) is 0 Å². The van der Waals surface area contributed by atoms with Gasteiger partial charge in [-0.25, -0.2) is 0 Å². The molecule has 2 rings (SSSR count). The summed E-state index contributed by atoms with van der Waals surface area (Å²) in [6.45, 7) is 8.57. The number of aryl methyl sites for hydroxylation is 1. The van der Waals surface area contributed by atoms with Crippen molar-refractivity contribution >= 4 is 17.4 Å². The summed E-state index contributed by atoms with van der Waals surface area (Å²) in [5.41, 5.74) is 2.07. The van der Waals surface area contributed by atoms with Crippen LogP contribution in [0.15, 0.2) is 29.4 Å². The summed E-state index contributed by atoms with van der Waals surface area (Å²) in [7, 11) is 1.53. The van der Waals surface area contributed by atoms with Crippen molar-refractivity contribution in [1.82, 2.24) is 3.96 Å². The highest BCUT2D eigenvalue weighted by atomic mass is 32.1. The zero-order valence-electron chi connectivity index (χ0n) is 16.1. The largest absolute Gasteiger partial charge is 0.496 e. The molecule has 0 radical (unpaired) electrons. The number of hydrogen-bond acceptors (Lipinski definition) is 3. The van der Waals surface area contributed by atoms with Gasteiger partial charge in [0, 0.05) is 22.9 Å². The van der Waals surface area contributed by atoms with Gasteiger partial charge in [-0.05, 0) is 63.3 Å². The van der Waals surface area contributed by atoms with E-state index >= 15 is 0 Å². The fraction of sp³-hybridized carbons (Fsp3) is 0.429. The van der Waals surface area contributed by atoms with Crippen molar-refractivity contribution < 1.29 is 9.53 Å². The van der Waals surface area contributed by atoms with Crippen LogP contribution in [-0.2, 0) is 12.0 Å². The van der Waals surface area contributed by atoms with Gasteiger partial charge in [-0.2, -0.15) is 4.99 Å². The van der Waals surface area contributed by atoms with Gasteiger partial charge in [0.2, 0.25) is 0 Å². The number of ether oxygens (including phenoxy) is 1. The van der Waals surface area contributed by atoms with E-state index in [2.05, 4.69) is 48.8 Å². The molecular formula is C21H26N2O2S. The minimum atomic E-state index is -0.334. The van der Waals surface area contributed by atoms with Gasteiger partial charge < -0.3 is 4.74 Å².